The van der Waals surface area contributed by atoms with E-state index in [1.165, 1.54) is 0 Å². The van der Waals surface area contributed by atoms with Crippen LogP contribution in [0.5, 0.6) is 11.5 Å². The number of rotatable bonds is 10. The van der Waals surface area contributed by atoms with Gasteiger partial charge in [0.15, 0.2) is 11.2 Å². The lowest BCUT2D eigenvalue weighted by Crippen LogP contribution is -2.51. The van der Waals surface area contributed by atoms with E-state index in [9.17, 15) is 9.59 Å². The first-order valence-corrected chi connectivity index (χ1v) is 12.5. The highest BCUT2D eigenvalue weighted by atomic mass is 79.9. The van der Waals surface area contributed by atoms with Crippen molar-refractivity contribution in [2.45, 2.75) is 59.5 Å². The quantitative estimate of drug-likeness (QED) is 0.216. The summed E-state index contributed by atoms with van der Waals surface area (Å²) >= 11 is 8.54. The van der Waals surface area contributed by atoms with Crippen LogP contribution >= 0.6 is 28.1 Å². The maximum atomic E-state index is 12.8. The Balaban J connectivity index is 1.87. The fraction of sp³-hybridized carbons (Fsp3) is 0.400. The van der Waals surface area contributed by atoms with Gasteiger partial charge in [0.25, 0.3) is 11.8 Å². The maximum Gasteiger partial charge on any atom is 0.279 e. The Morgan fingerprint density at radius 1 is 1.03 bits per heavy atom. The van der Waals surface area contributed by atoms with Crippen LogP contribution in [0.1, 0.15) is 61.0 Å². The van der Waals surface area contributed by atoms with Crippen molar-refractivity contribution in [2.24, 2.45) is 0 Å². The average Bonchev–Trinajstić information content (AvgIpc) is 2.80. The molecule has 2 amide bonds. The summed E-state index contributed by atoms with van der Waals surface area (Å²) in [5.74, 6) is 0.183. The summed E-state index contributed by atoms with van der Waals surface area (Å²) in [7, 11) is 0. The predicted octanol–water partition coefficient (Wildman–Crippen LogP) is 5.13. The van der Waals surface area contributed by atoms with Gasteiger partial charge in [0.2, 0.25) is 0 Å². The van der Waals surface area contributed by atoms with Gasteiger partial charge in [0.1, 0.15) is 11.5 Å². The number of carbonyl (C=O) groups excluding carboxylic acids is 2. The second-order valence-corrected chi connectivity index (χ2v) is 9.28. The minimum absolute atomic E-state index is 0.0504. The summed E-state index contributed by atoms with van der Waals surface area (Å²) < 4.78 is 12.2. The van der Waals surface area contributed by atoms with Gasteiger partial charge in [-0.1, -0.05) is 48.2 Å². The summed E-state index contributed by atoms with van der Waals surface area (Å²) in [6.45, 7) is 8.28. The zero-order valence-electron chi connectivity index (χ0n) is 20.0. The van der Waals surface area contributed by atoms with Crippen LogP contribution in [0.25, 0.3) is 0 Å². The van der Waals surface area contributed by atoms with Crippen LogP contribution in [0.3, 0.4) is 0 Å². The van der Waals surface area contributed by atoms with E-state index in [0.29, 0.717) is 23.7 Å². The van der Waals surface area contributed by atoms with E-state index in [-0.39, 0.29) is 5.11 Å². The molecule has 0 heterocycles. The number of unbranched alkanes of at least 4 members (excludes halogenated alkanes) is 3. The van der Waals surface area contributed by atoms with Crippen LogP contribution in [-0.4, -0.2) is 29.6 Å². The van der Waals surface area contributed by atoms with Gasteiger partial charge >= 0.3 is 0 Å². The first-order chi connectivity index (χ1) is 16.2. The van der Waals surface area contributed by atoms with Gasteiger partial charge in [-0.2, -0.15) is 0 Å². The largest absolute Gasteiger partial charge is 0.493 e. The number of nitrogens with one attached hydrogen (secondary N) is 3. The molecule has 0 fully saturated rings. The highest BCUT2D eigenvalue weighted by Gasteiger charge is 2.17. The number of hydrogen-bond donors (Lipinski definition) is 3. The van der Waals surface area contributed by atoms with E-state index in [4.69, 9.17) is 21.7 Å². The van der Waals surface area contributed by atoms with Crippen LogP contribution in [0.4, 0.5) is 0 Å². The van der Waals surface area contributed by atoms with Crippen molar-refractivity contribution in [1.29, 1.82) is 0 Å². The van der Waals surface area contributed by atoms with Gasteiger partial charge < -0.3 is 9.47 Å². The van der Waals surface area contributed by atoms with Gasteiger partial charge in [-0.25, -0.2) is 0 Å². The van der Waals surface area contributed by atoms with E-state index in [2.05, 4.69) is 39.0 Å². The summed E-state index contributed by atoms with van der Waals surface area (Å²) in [6, 6.07) is 10.8. The first kappa shape index (κ1) is 27.6. The van der Waals surface area contributed by atoms with Crippen molar-refractivity contribution in [3.63, 3.8) is 0 Å². The fourth-order valence-electron chi connectivity index (χ4n) is 2.98. The Kier molecular flexibility index (Phi) is 11.3. The molecule has 1 atom stereocenters. The van der Waals surface area contributed by atoms with Gasteiger partial charge in [-0.3, -0.25) is 25.8 Å². The summed E-state index contributed by atoms with van der Waals surface area (Å²) in [5.41, 5.74) is 7.55. The molecule has 2 aromatic carbocycles. The number of benzene rings is 2. The molecule has 2 rings (SSSR count). The smallest absolute Gasteiger partial charge is 0.279 e. The van der Waals surface area contributed by atoms with Crippen LogP contribution in [0, 0.1) is 13.8 Å². The lowest BCUT2D eigenvalue weighted by Gasteiger charge is -2.17. The van der Waals surface area contributed by atoms with Gasteiger partial charge in [0, 0.05) is 4.47 Å². The zero-order valence-corrected chi connectivity index (χ0v) is 22.4. The van der Waals surface area contributed by atoms with E-state index in [1.54, 1.807) is 19.1 Å². The third-order valence-corrected chi connectivity index (χ3v) is 5.83. The lowest BCUT2D eigenvalue weighted by atomic mass is 10.1. The van der Waals surface area contributed by atoms with Gasteiger partial charge in [-0.05, 0) is 80.9 Å². The highest BCUT2D eigenvalue weighted by molar-refractivity contribution is 9.10. The summed E-state index contributed by atoms with van der Waals surface area (Å²) in [4.78, 5) is 25.1. The Morgan fingerprint density at radius 2 is 1.79 bits per heavy atom. The van der Waals surface area contributed by atoms with Crippen molar-refractivity contribution < 1.29 is 19.1 Å². The molecule has 184 valence electrons. The molecular formula is C25H32BrN3O4S. The summed E-state index contributed by atoms with van der Waals surface area (Å²) in [6.07, 6.45) is 3.51. The molecule has 7 nitrogen and oxygen atoms in total. The molecule has 0 radical (unpaired) electrons. The molecular weight excluding hydrogens is 518 g/mol. The number of aryl methyl sites for hydroxylation is 2. The van der Waals surface area contributed by atoms with E-state index in [1.807, 2.05) is 38.1 Å². The Hall–Kier alpha value is -2.65. The molecule has 0 saturated carbocycles. The van der Waals surface area contributed by atoms with Crippen LogP contribution in [0.15, 0.2) is 40.9 Å². The number of hydrogen-bond acceptors (Lipinski definition) is 5. The number of amides is 2. The minimum atomic E-state index is -0.772. The van der Waals surface area contributed by atoms with Crippen LogP contribution < -0.4 is 25.6 Å². The lowest BCUT2D eigenvalue weighted by molar-refractivity contribution is -0.127. The normalized spacial score (nSPS) is 11.3. The molecule has 2 aromatic rings. The standard InChI is InChI=1S/C25H32BrN3O4S/c1-5-6-7-8-13-32-22-12-10-19(26)15-21(22)24(31)27-25(34)29-28-23(30)18(4)33-20-11-9-16(2)17(3)14-20/h9-12,14-15,18H,5-8,13H2,1-4H3,(H,28,30)(H2,27,29,31,34). The minimum Gasteiger partial charge on any atom is -0.493 e. The molecule has 34 heavy (non-hydrogen) atoms. The van der Waals surface area contributed by atoms with E-state index < -0.39 is 17.9 Å². The average molecular weight is 551 g/mol. The Labute approximate surface area is 215 Å². The van der Waals surface area contributed by atoms with Crippen LogP contribution in [-0.2, 0) is 4.79 Å². The molecule has 0 aromatic heterocycles. The van der Waals surface area contributed by atoms with Crippen molar-refractivity contribution in [2.75, 3.05) is 6.61 Å². The zero-order chi connectivity index (χ0) is 25.1. The summed E-state index contributed by atoms with van der Waals surface area (Å²) in [5, 5.41) is 2.51. The molecule has 0 bridgehead atoms. The number of ether oxygens (including phenoxy) is 2. The Morgan fingerprint density at radius 3 is 2.50 bits per heavy atom. The third-order valence-electron chi connectivity index (χ3n) is 5.13. The molecule has 0 saturated heterocycles. The molecule has 9 heteroatoms. The topological polar surface area (TPSA) is 88.7 Å². The number of hydrazine groups is 1. The van der Waals surface area contributed by atoms with E-state index >= 15 is 0 Å². The number of carbonyl (C=O) groups is 2. The van der Waals surface area contributed by atoms with Crippen molar-refractivity contribution in [3.05, 3.63) is 57.6 Å². The molecule has 0 aliphatic carbocycles. The second-order valence-electron chi connectivity index (χ2n) is 7.95. The molecule has 3 N–H and O–H groups in total. The number of thiocarbonyl (C=S) groups is 1. The maximum absolute atomic E-state index is 12.8. The van der Waals surface area contributed by atoms with E-state index in [0.717, 1.165) is 41.3 Å². The fourth-order valence-corrected chi connectivity index (χ4v) is 3.49. The molecule has 0 aliphatic heterocycles. The van der Waals surface area contributed by atoms with Gasteiger partial charge in [-0.15, -0.1) is 0 Å². The number of halogens is 1. The second kappa shape index (κ2) is 13.9. The van der Waals surface area contributed by atoms with Crippen molar-refractivity contribution >= 4 is 45.1 Å². The SMILES string of the molecule is CCCCCCOc1ccc(Br)cc1C(=O)NC(=S)NNC(=O)C(C)Oc1ccc(C)c(C)c1. The molecule has 0 spiro atoms. The molecule has 0 aliphatic rings. The third kappa shape index (κ3) is 8.95. The molecule has 1 unspecified atom stereocenters. The predicted molar refractivity (Wildman–Crippen MR) is 141 cm³/mol. The Bertz CT molecular complexity index is 1020. The highest BCUT2D eigenvalue weighted by Crippen LogP contribution is 2.24. The van der Waals surface area contributed by atoms with Gasteiger partial charge in [0.05, 0.1) is 12.2 Å². The first-order valence-electron chi connectivity index (χ1n) is 11.3. The van der Waals surface area contributed by atoms with Crippen LogP contribution in [0.2, 0.25) is 0 Å². The van der Waals surface area contributed by atoms with Crippen molar-refractivity contribution in [3.8, 4) is 11.5 Å². The van der Waals surface area contributed by atoms with Crippen molar-refractivity contribution in [1.82, 2.24) is 16.2 Å². The monoisotopic (exact) mass is 549 g/mol.